The van der Waals surface area contributed by atoms with Crippen molar-refractivity contribution in [3.8, 4) is 0 Å². The van der Waals surface area contributed by atoms with E-state index in [1.165, 1.54) is 0 Å². The van der Waals surface area contributed by atoms with E-state index in [0.717, 1.165) is 6.07 Å². The van der Waals surface area contributed by atoms with Gasteiger partial charge >= 0.3 is 0 Å². The summed E-state index contributed by atoms with van der Waals surface area (Å²) >= 11 is 5.58. The van der Waals surface area contributed by atoms with Gasteiger partial charge in [-0.1, -0.05) is 18.5 Å². The zero-order chi connectivity index (χ0) is 11.4. The third-order valence-corrected chi connectivity index (χ3v) is 2.05. The number of carbonyl (C=O) groups is 1. The minimum Gasteiger partial charge on any atom is -0.322 e. The molecule has 15 heavy (non-hydrogen) atoms. The van der Waals surface area contributed by atoms with Gasteiger partial charge in [0.05, 0.1) is 10.7 Å². The van der Waals surface area contributed by atoms with E-state index >= 15 is 0 Å². The average Bonchev–Trinajstić information content (AvgIpc) is 2.11. The van der Waals surface area contributed by atoms with E-state index in [1.54, 1.807) is 0 Å². The molecule has 82 valence electrons. The maximum Gasteiger partial charge on any atom is 0.224 e. The Balaban J connectivity index is 2.90. The van der Waals surface area contributed by atoms with Crippen molar-refractivity contribution in [1.82, 2.24) is 0 Å². The quantitative estimate of drug-likeness (QED) is 0.852. The molecule has 0 fully saturated rings. The summed E-state index contributed by atoms with van der Waals surface area (Å²) in [5, 5.41) is 2.15. The first kappa shape index (κ1) is 11.9. The van der Waals surface area contributed by atoms with Gasteiger partial charge in [-0.15, -0.1) is 0 Å². The molecule has 0 spiro atoms. The molecule has 1 N–H and O–H groups in total. The smallest absolute Gasteiger partial charge is 0.224 e. The van der Waals surface area contributed by atoms with E-state index in [-0.39, 0.29) is 23.0 Å². The SMILES string of the molecule is CCCC(=O)Nc1c(F)cc(F)cc1Cl. The molecule has 1 aromatic carbocycles. The van der Waals surface area contributed by atoms with Crippen LogP contribution in [0.3, 0.4) is 0 Å². The molecule has 0 aromatic heterocycles. The maximum atomic E-state index is 13.2. The highest BCUT2D eigenvalue weighted by molar-refractivity contribution is 6.33. The zero-order valence-corrected chi connectivity index (χ0v) is 8.87. The number of benzene rings is 1. The molecule has 0 radical (unpaired) electrons. The minimum absolute atomic E-state index is 0.142. The fraction of sp³-hybridized carbons (Fsp3) is 0.300. The molecule has 0 bridgehead atoms. The van der Waals surface area contributed by atoms with Crippen LogP contribution in [0.25, 0.3) is 0 Å². The van der Waals surface area contributed by atoms with Gasteiger partial charge in [0.25, 0.3) is 0 Å². The Morgan fingerprint density at radius 2 is 2.13 bits per heavy atom. The van der Waals surface area contributed by atoms with Gasteiger partial charge in [0.1, 0.15) is 5.82 Å². The molecule has 0 saturated heterocycles. The number of carbonyl (C=O) groups excluding carboxylic acids is 1. The minimum atomic E-state index is -0.871. The predicted octanol–water partition coefficient (Wildman–Crippen LogP) is 3.36. The summed E-state index contributed by atoms with van der Waals surface area (Å²) in [5.41, 5.74) is -0.170. The molecule has 2 nitrogen and oxygen atoms in total. The molecular formula is C10H10ClF2NO. The Morgan fingerprint density at radius 3 is 2.67 bits per heavy atom. The van der Waals surface area contributed by atoms with Crippen molar-refractivity contribution in [2.45, 2.75) is 19.8 Å². The number of hydrogen-bond donors (Lipinski definition) is 1. The number of amides is 1. The highest BCUT2D eigenvalue weighted by Crippen LogP contribution is 2.26. The number of nitrogens with one attached hydrogen (secondary N) is 1. The Bertz CT molecular complexity index is 359. The Kier molecular flexibility index (Phi) is 4.03. The molecule has 0 aliphatic rings. The molecular weight excluding hydrogens is 224 g/mol. The van der Waals surface area contributed by atoms with E-state index in [0.29, 0.717) is 12.5 Å². The second kappa shape index (κ2) is 5.07. The highest BCUT2D eigenvalue weighted by Gasteiger charge is 2.12. The van der Waals surface area contributed by atoms with Gasteiger partial charge < -0.3 is 5.32 Å². The third-order valence-electron chi connectivity index (χ3n) is 1.75. The standard InChI is InChI=1S/C10H10ClF2NO/c1-2-3-9(15)14-10-7(11)4-6(12)5-8(10)13/h4-5H,2-3H2,1H3,(H,14,15). The van der Waals surface area contributed by atoms with Gasteiger partial charge in [-0.2, -0.15) is 0 Å². The lowest BCUT2D eigenvalue weighted by molar-refractivity contribution is -0.116. The van der Waals surface area contributed by atoms with Gasteiger partial charge in [-0.25, -0.2) is 8.78 Å². The third kappa shape index (κ3) is 3.16. The van der Waals surface area contributed by atoms with Crippen LogP contribution in [0.5, 0.6) is 0 Å². The summed E-state index contributed by atoms with van der Waals surface area (Å²) in [6.07, 6.45) is 0.916. The van der Waals surface area contributed by atoms with Crippen LogP contribution in [-0.2, 0) is 4.79 Å². The van der Waals surface area contributed by atoms with Gasteiger partial charge in [-0.05, 0) is 12.5 Å². The van der Waals surface area contributed by atoms with Crippen LogP contribution in [-0.4, -0.2) is 5.91 Å². The normalized spacial score (nSPS) is 10.1. The second-order valence-electron chi connectivity index (χ2n) is 3.04. The van der Waals surface area contributed by atoms with E-state index in [2.05, 4.69) is 5.32 Å². The first-order chi connectivity index (χ1) is 7.04. The van der Waals surface area contributed by atoms with E-state index < -0.39 is 11.6 Å². The average molecular weight is 234 g/mol. The molecule has 5 heteroatoms. The summed E-state index contributed by atoms with van der Waals surface area (Å²) in [6.45, 7) is 1.82. The van der Waals surface area contributed by atoms with Crippen LogP contribution in [0, 0.1) is 11.6 Å². The molecule has 0 atom stereocenters. The molecule has 0 heterocycles. The second-order valence-corrected chi connectivity index (χ2v) is 3.45. The highest BCUT2D eigenvalue weighted by atomic mass is 35.5. The Morgan fingerprint density at radius 1 is 1.47 bits per heavy atom. The van der Waals surface area contributed by atoms with Gasteiger partial charge in [0.15, 0.2) is 5.82 Å². The molecule has 0 aliphatic carbocycles. The Labute approximate surface area is 91.2 Å². The molecule has 0 saturated carbocycles. The first-order valence-electron chi connectivity index (χ1n) is 4.49. The number of anilines is 1. The molecule has 1 aromatic rings. The van der Waals surface area contributed by atoms with Crippen molar-refractivity contribution in [1.29, 1.82) is 0 Å². The lowest BCUT2D eigenvalue weighted by Gasteiger charge is -2.07. The van der Waals surface area contributed by atoms with Gasteiger partial charge in [-0.3, -0.25) is 4.79 Å². The van der Waals surface area contributed by atoms with E-state index in [1.807, 2.05) is 6.92 Å². The first-order valence-corrected chi connectivity index (χ1v) is 4.86. The topological polar surface area (TPSA) is 29.1 Å². The summed E-state index contributed by atoms with van der Waals surface area (Å²) in [7, 11) is 0. The maximum absolute atomic E-state index is 13.2. The molecule has 1 rings (SSSR count). The van der Waals surface area contributed by atoms with Crippen LogP contribution in [0.1, 0.15) is 19.8 Å². The van der Waals surface area contributed by atoms with Crippen molar-refractivity contribution in [2.24, 2.45) is 0 Å². The van der Waals surface area contributed by atoms with Gasteiger partial charge in [0, 0.05) is 12.5 Å². The largest absolute Gasteiger partial charge is 0.322 e. The lowest BCUT2D eigenvalue weighted by Crippen LogP contribution is -2.12. The van der Waals surface area contributed by atoms with Crippen molar-refractivity contribution < 1.29 is 13.6 Å². The number of rotatable bonds is 3. The number of halogens is 3. The van der Waals surface area contributed by atoms with Crippen LogP contribution in [0.15, 0.2) is 12.1 Å². The van der Waals surface area contributed by atoms with Crippen LogP contribution >= 0.6 is 11.6 Å². The summed E-state index contributed by atoms with van der Waals surface area (Å²) in [6, 6.07) is 1.62. The zero-order valence-electron chi connectivity index (χ0n) is 8.11. The molecule has 1 amide bonds. The van der Waals surface area contributed by atoms with Crippen molar-refractivity contribution in [3.63, 3.8) is 0 Å². The lowest BCUT2D eigenvalue weighted by atomic mass is 10.2. The summed E-state index contributed by atoms with van der Waals surface area (Å²) in [5.74, 6) is -1.99. The fourth-order valence-corrected chi connectivity index (χ4v) is 1.33. The Hall–Kier alpha value is -1.16. The predicted molar refractivity (Wildman–Crippen MR) is 54.9 cm³/mol. The van der Waals surface area contributed by atoms with Crippen molar-refractivity contribution >= 4 is 23.2 Å². The van der Waals surface area contributed by atoms with Gasteiger partial charge in [0.2, 0.25) is 5.91 Å². The molecule has 0 aliphatic heterocycles. The van der Waals surface area contributed by atoms with E-state index in [4.69, 9.17) is 11.6 Å². The fourth-order valence-electron chi connectivity index (χ4n) is 1.09. The van der Waals surface area contributed by atoms with Crippen molar-refractivity contribution in [2.75, 3.05) is 5.32 Å². The number of hydrogen-bond acceptors (Lipinski definition) is 1. The van der Waals surface area contributed by atoms with Crippen LogP contribution < -0.4 is 5.32 Å². The van der Waals surface area contributed by atoms with Crippen LogP contribution in [0.4, 0.5) is 14.5 Å². The monoisotopic (exact) mass is 233 g/mol. The summed E-state index contributed by atoms with van der Waals surface area (Å²) < 4.78 is 25.8. The van der Waals surface area contributed by atoms with Crippen LogP contribution in [0.2, 0.25) is 5.02 Å². The molecule has 0 unspecified atom stereocenters. The van der Waals surface area contributed by atoms with E-state index in [9.17, 15) is 13.6 Å². The van der Waals surface area contributed by atoms with Crippen molar-refractivity contribution in [3.05, 3.63) is 28.8 Å². The summed E-state index contributed by atoms with van der Waals surface area (Å²) in [4.78, 5) is 11.2.